The molecule has 7 heteroatoms. The molecule has 2 aromatic rings. The maximum absolute atomic E-state index is 12.5. The van der Waals surface area contributed by atoms with Crippen LogP contribution in [-0.4, -0.2) is 14.0 Å². The van der Waals surface area contributed by atoms with Crippen LogP contribution in [0.5, 0.6) is 0 Å². The number of aromatic nitrogens is 2. The van der Waals surface area contributed by atoms with Gasteiger partial charge in [0.15, 0.2) is 0 Å². The molecule has 0 amide bonds. The van der Waals surface area contributed by atoms with Gasteiger partial charge in [-0.2, -0.15) is 5.10 Å². The Balaban J connectivity index is 2.32. The summed E-state index contributed by atoms with van der Waals surface area (Å²) in [5.41, 5.74) is 8.31. The van der Waals surface area contributed by atoms with Crippen LogP contribution in [0.2, 0.25) is 0 Å². The van der Waals surface area contributed by atoms with E-state index in [9.17, 15) is 4.21 Å². The Morgan fingerprint density at radius 2 is 2.10 bits per heavy atom. The van der Waals surface area contributed by atoms with Crippen molar-refractivity contribution in [1.29, 1.82) is 0 Å². The van der Waals surface area contributed by atoms with E-state index < -0.39 is 10.8 Å². The summed E-state index contributed by atoms with van der Waals surface area (Å²) in [4.78, 5) is 0.654. The molecule has 4 nitrogen and oxygen atoms in total. The summed E-state index contributed by atoms with van der Waals surface area (Å²) in [7, 11) is -1.20. The largest absolute Gasteiger partial charge is 0.398 e. The van der Waals surface area contributed by atoms with Crippen molar-refractivity contribution in [3.05, 3.63) is 38.5 Å². The summed E-state index contributed by atoms with van der Waals surface area (Å²) in [5.74, 6) is 0.390. The summed E-state index contributed by atoms with van der Waals surface area (Å²) in [6.07, 6.45) is 0. The molecule has 0 bridgehead atoms. The number of hydrogen-bond donors (Lipinski definition) is 1. The fraction of sp³-hybridized carbons (Fsp3) is 0.308. The standard InChI is InChI=1S/C13H15Br2N3OS/c1-3-18-11(13(15)8(2)17-18)7-20(19)12-5-4-9(14)6-10(12)16/h4-6H,3,7,16H2,1-2H3. The number of nitrogens with two attached hydrogens (primary N) is 1. The van der Waals surface area contributed by atoms with Crippen LogP contribution >= 0.6 is 31.9 Å². The van der Waals surface area contributed by atoms with Crippen molar-refractivity contribution in [3.63, 3.8) is 0 Å². The molecule has 0 radical (unpaired) electrons. The van der Waals surface area contributed by atoms with Crippen LogP contribution in [0, 0.1) is 6.92 Å². The van der Waals surface area contributed by atoms with Crippen LogP contribution in [0.1, 0.15) is 18.3 Å². The first-order chi connectivity index (χ1) is 9.43. The van der Waals surface area contributed by atoms with E-state index >= 15 is 0 Å². The van der Waals surface area contributed by atoms with Gasteiger partial charge in [0, 0.05) is 16.7 Å². The maximum Gasteiger partial charge on any atom is 0.0739 e. The highest BCUT2D eigenvalue weighted by Gasteiger charge is 2.17. The summed E-state index contributed by atoms with van der Waals surface area (Å²) >= 11 is 6.87. The fourth-order valence-electron chi connectivity index (χ4n) is 1.94. The number of benzene rings is 1. The second-order valence-corrected chi connectivity index (χ2v) is 7.46. The molecule has 0 aliphatic heterocycles. The van der Waals surface area contributed by atoms with E-state index in [-0.39, 0.29) is 0 Å². The van der Waals surface area contributed by atoms with Crippen molar-refractivity contribution in [2.24, 2.45) is 0 Å². The van der Waals surface area contributed by atoms with Gasteiger partial charge in [0.05, 0.1) is 37.3 Å². The molecule has 2 rings (SSSR count). The second-order valence-electron chi connectivity index (χ2n) is 4.33. The highest BCUT2D eigenvalue weighted by molar-refractivity contribution is 9.10. The number of hydrogen-bond acceptors (Lipinski definition) is 3. The first kappa shape index (κ1) is 15.7. The van der Waals surface area contributed by atoms with Gasteiger partial charge in [-0.1, -0.05) is 15.9 Å². The van der Waals surface area contributed by atoms with Crippen molar-refractivity contribution in [1.82, 2.24) is 9.78 Å². The highest BCUT2D eigenvalue weighted by atomic mass is 79.9. The molecule has 1 aromatic carbocycles. The van der Waals surface area contributed by atoms with Gasteiger partial charge in [-0.3, -0.25) is 8.89 Å². The zero-order valence-corrected chi connectivity index (χ0v) is 15.2. The molecule has 0 aliphatic rings. The topological polar surface area (TPSA) is 60.9 Å². The van der Waals surface area contributed by atoms with Crippen LogP contribution in [0.25, 0.3) is 0 Å². The minimum Gasteiger partial charge on any atom is -0.398 e. The van der Waals surface area contributed by atoms with E-state index in [2.05, 4.69) is 37.0 Å². The third-order valence-electron chi connectivity index (χ3n) is 2.94. The molecular weight excluding hydrogens is 406 g/mol. The third-order valence-corrected chi connectivity index (χ3v) is 5.86. The molecule has 2 N–H and O–H groups in total. The lowest BCUT2D eigenvalue weighted by molar-refractivity contribution is 0.626. The predicted molar refractivity (Wildman–Crippen MR) is 89.0 cm³/mol. The molecule has 1 unspecified atom stereocenters. The number of nitrogen functional groups attached to an aromatic ring is 1. The summed E-state index contributed by atoms with van der Waals surface area (Å²) < 4.78 is 16.2. The average Bonchev–Trinajstić information content (AvgIpc) is 2.66. The minimum absolute atomic E-state index is 0.390. The lowest BCUT2D eigenvalue weighted by Crippen LogP contribution is -2.07. The van der Waals surface area contributed by atoms with E-state index in [1.54, 1.807) is 12.1 Å². The monoisotopic (exact) mass is 419 g/mol. The zero-order chi connectivity index (χ0) is 14.9. The van der Waals surface area contributed by atoms with E-state index in [4.69, 9.17) is 5.73 Å². The first-order valence-corrected chi connectivity index (χ1v) is 8.99. The van der Waals surface area contributed by atoms with Gasteiger partial charge < -0.3 is 5.73 Å². The summed E-state index contributed by atoms with van der Waals surface area (Å²) in [5, 5.41) is 4.41. The SMILES string of the molecule is CCn1nc(C)c(Br)c1CS(=O)c1ccc(Br)cc1N. The number of aryl methyl sites for hydroxylation is 2. The lowest BCUT2D eigenvalue weighted by atomic mass is 10.3. The number of rotatable bonds is 4. The van der Waals surface area contributed by atoms with E-state index in [0.717, 1.165) is 26.9 Å². The quantitative estimate of drug-likeness (QED) is 0.768. The Hall–Kier alpha value is -0.660. The minimum atomic E-state index is -1.20. The van der Waals surface area contributed by atoms with Gasteiger partial charge in [-0.05, 0) is 48.0 Å². The van der Waals surface area contributed by atoms with Crippen molar-refractivity contribution in [2.75, 3.05) is 5.73 Å². The van der Waals surface area contributed by atoms with Gasteiger partial charge >= 0.3 is 0 Å². The number of anilines is 1. The van der Waals surface area contributed by atoms with Gasteiger partial charge in [0.25, 0.3) is 0 Å². The molecule has 0 aliphatic carbocycles. The molecule has 1 atom stereocenters. The summed E-state index contributed by atoms with van der Waals surface area (Å²) in [6.45, 7) is 4.69. The maximum atomic E-state index is 12.5. The van der Waals surface area contributed by atoms with Crippen LogP contribution in [0.15, 0.2) is 32.0 Å². The van der Waals surface area contributed by atoms with E-state index in [1.807, 2.05) is 24.6 Å². The predicted octanol–water partition coefficient (Wildman–Crippen LogP) is 3.63. The Kier molecular flexibility index (Phi) is 5.04. The zero-order valence-electron chi connectivity index (χ0n) is 11.2. The Morgan fingerprint density at radius 3 is 2.70 bits per heavy atom. The van der Waals surface area contributed by atoms with E-state index in [1.165, 1.54) is 0 Å². The van der Waals surface area contributed by atoms with Crippen LogP contribution < -0.4 is 5.73 Å². The highest BCUT2D eigenvalue weighted by Crippen LogP contribution is 2.27. The number of nitrogens with zero attached hydrogens (tertiary/aromatic N) is 2. The molecule has 1 heterocycles. The third kappa shape index (κ3) is 3.15. The number of halogens is 2. The molecule has 20 heavy (non-hydrogen) atoms. The smallest absolute Gasteiger partial charge is 0.0739 e. The molecule has 0 saturated carbocycles. The van der Waals surface area contributed by atoms with Crippen LogP contribution in [0.3, 0.4) is 0 Å². The van der Waals surface area contributed by atoms with Crippen molar-refractivity contribution in [2.45, 2.75) is 31.0 Å². The second kappa shape index (κ2) is 6.41. The van der Waals surface area contributed by atoms with Gasteiger partial charge in [-0.15, -0.1) is 0 Å². The lowest BCUT2D eigenvalue weighted by Gasteiger charge is -2.08. The molecule has 1 aromatic heterocycles. The van der Waals surface area contributed by atoms with Gasteiger partial charge in [0.1, 0.15) is 0 Å². The Labute approximate surface area is 137 Å². The normalized spacial score (nSPS) is 12.6. The van der Waals surface area contributed by atoms with Crippen molar-refractivity contribution < 1.29 is 4.21 Å². The van der Waals surface area contributed by atoms with Crippen LogP contribution in [0.4, 0.5) is 5.69 Å². The molecule has 0 spiro atoms. The van der Waals surface area contributed by atoms with E-state index in [0.29, 0.717) is 16.3 Å². The van der Waals surface area contributed by atoms with Crippen molar-refractivity contribution in [3.8, 4) is 0 Å². The van der Waals surface area contributed by atoms with Gasteiger partial charge in [-0.25, -0.2) is 0 Å². The Morgan fingerprint density at radius 1 is 1.40 bits per heavy atom. The Bertz CT molecular complexity index is 670. The summed E-state index contributed by atoms with van der Waals surface area (Å²) in [6, 6.07) is 5.41. The van der Waals surface area contributed by atoms with Gasteiger partial charge in [0.2, 0.25) is 0 Å². The average molecular weight is 421 g/mol. The molecule has 0 fully saturated rings. The van der Waals surface area contributed by atoms with Crippen molar-refractivity contribution >= 4 is 48.3 Å². The molecular formula is C13H15Br2N3OS. The first-order valence-electron chi connectivity index (χ1n) is 6.09. The molecule has 0 saturated heterocycles. The fourth-order valence-corrected chi connectivity index (χ4v) is 4.16. The molecule has 108 valence electrons. The van der Waals surface area contributed by atoms with Crippen LogP contribution in [-0.2, 0) is 23.1 Å².